The zero-order valence-corrected chi connectivity index (χ0v) is 19.3. The predicted molar refractivity (Wildman–Crippen MR) is 123 cm³/mol. The highest BCUT2D eigenvalue weighted by Crippen LogP contribution is 2.44. The number of carboxylic acids is 1. The molecule has 2 aromatic carbocycles. The van der Waals surface area contributed by atoms with E-state index in [0.717, 1.165) is 22.3 Å². The van der Waals surface area contributed by atoms with Gasteiger partial charge in [0, 0.05) is 12.3 Å². The third-order valence-electron chi connectivity index (χ3n) is 5.73. The van der Waals surface area contributed by atoms with Crippen LogP contribution in [0.5, 0.6) is 0 Å². The van der Waals surface area contributed by atoms with Crippen molar-refractivity contribution in [2.24, 2.45) is 0 Å². The molecule has 3 N–H and O–H groups in total. The van der Waals surface area contributed by atoms with Gasteiger partial charge in [-0.25, -0.2) is 9.59 Å². The summed E-state index contributed by atoms with van der Waals surface area (Å²) < 4.78 is 10.1. The summed E-state index contributed by atoms with van der Waals surface area (Å²) in [6, 6.07) is 14.5. The van der Waals surface area contributed by atoms with E-state index in [1.165, 1.54) is 21.0 Å². The van der Waals surface area contributed by atoms with Crippen molar-refractivity contribution in [2.75, 3.05) is 13.7 Å². The molecule has 3 rings (SSSR count). The van der Waals surface area contributed by atoms with Crippen LogP contribution >= 0.6 is 0 Å². The summed E-state index contributed by atoms with van der Waals surface area (Å²) in [5.74, 6) is -2.69. The van der Waals surface area contributed by atoms with Crippen molar-refractivity contribution < 1.29 is 33.8 Å². The molecular formula is C25H28N2O7. The minimum Gasteiger partial charge on any atom is -0.481 e. The number of benzene rings is 2. The second kappa shape index (κ2) is 10.4. The maximum atomic E-state index is 12.7. The minimum atomic E-state index is -1.36. The molecule has 0 heterocycles. The molecule has 1 unspecified atom stereocenters. The number of fused-ring (bicyclic) bond motifs is 3. The van der Waals surface area contributed by atoms with Gasteiger partial charge in [-0.05, 0) is 42.5 Å². The first-order valence-electron chi connectivity index (χ1n) is 10.9. The lowest BCUT2D eigenvalue weighted by molar-refractivity contribution is -0.149. The molecule has 1 aliphatic rings. The third-order valence-corrected chi connectivity index (χ3v) is 5.73. The molecule has 9 heteroatoms. The summed E-state index contributed by atoms with van der Waals surface area (Å²) >= 11 is 0. The highest BCUT2D eigenvalue weighted by Gasteiger charge is 2.34. The van der Waals surface area contributed by atoms with Crippen molar-refractivity contribution >= 4 is 23.9 Å². The van der Waals surface area contributed by atoms with Crippen molar-refractivity contribution in [3.05, 3.63) is 59.7 Å². The molecule has 0 radical (unpaired) electrons. The van der Waals surface area contributed by atoms with Crippen LogP contribution in [-0.2, 0) is 23.9 Å². The van der Waals surface area contributed by atoms with Gasteiger partial charge in [-0.1, -0.05) is 48.5 Å². The number of ether oxygens (including phenoxy) is 2. The van der Waals surface area contributed by atoms with Gasteiger partial charge in [0.15, 0.2) is 0 Å². The fourth-order valence-electron chi connectivity index (χ4n) is 4.02. The van der Waals surface area contributed by atoms with Gasteiger partial charge in [0.1, 0.15) is 18.2 Å². The molecule has 0 aliphatic heterocycles. The molecule has 180 valence electrons. The number of methoxy groups -OCH3 is 1. The molecule has 1 atom stereocenters. The third kappa shape index (κ3) is 5.54. The number of carbonyl (C=O) groups is 4. The first-order valence-corrected chi connectivity index (χ1v) is 10.9. The number of hydrogen-bond donors (Lipinski definition) is 3. The van der Waals surface area contributed by atoms with Crippen molar-refractivity contribution in [1.82, 2.24) is 10.6 Å². The van der Waals surface area contributed by atoms with Crippen molar-refractivity contribution in [1.29, 1.82) is 0 Å². The van der Waals surface area contributed by atoms with Gasteiger partial charge in [0.25, 0.3) is 0 Å². The lowest BCUT2D eigenvalue weighted by atomic mass is 9.98. The van der Waals surface area contributed by atoms with E-state index in [4.69, 9.17) is 9.84 Å². The van der Waals surface area contributed by atoms with E-state index in [9.17, 15) is 19.2 Å². The zero-order chi connectivity index (χ0) is 24.9. The van der Waals surface area contributed by atoms with E-state index in [1.54, 1.807) is 0 Å². The Morgan fingerprint density at radius 2 is 1.56 bits per heavy atom. The molecule has 2 aromatic rings. The Labute approximate surface area is 197 Å². The Balaban J connectivity index is 1.68. The summed E-state index contributed by atoms with van der Waals surface area (Å²) in [6.07, 6.45) is -1.40. The largest absolute Gasteiger partial charge is 0.481 e. The van der Waals surface area contributed by atoms with Gasteiger partial charge in [0.05, 0.1) is 7.11 Å². The van der Waals surface area contributed by atoms with Crippen LogP contribution in [-0.4, -0.2) is 54.3 Å². The Morgan fingerprint density at radius 1 is 1.00 bits per heavy atom. The predicted octanol–water partition coefficient (Wildman–Crippen LogP) is 2.83. The van der Waals surface area contributed by atoms with Gasteiger partial charge < -0.3 is 25.2 Å². The number of nitrogens with one attached hydrogen (secondary N) is 2. The number of carbonyl (C=O) groups excluding carboxylic acids is 3. The topological polar surface area (TPSA) is 131 Å². The van der Waals surface area contributed by atoms with E-state index in [-0.39, 0.29) is 25.4 Å². The lowest BCUT2D eigenvalue weighted by Crippen LogP contribution is -2.56. The molecule has 0 aromatic heterocycles. The molecule has 1 aliphatic carbocycles. The van der Waals surface area contributed by atoms with Gasteiger partial charge in [-0.2, -0.15) is 0 Å². The van der Waals surface area contributed by atoms with Crippen molar-refractivity contribution in [3.8, 4) is 11.1 Å². The summed E-state index contributed by atoms with van der Waals surface area (Å²) in [5.41, 5.74) is 2.87. The SMILES string of the molecule is COC(=O)C(C)(C)NC(=O)C(CCC(=O)O)NC(=O)OCC1c2ccccc2-c2ccccc21. The molecular weight excluding hydrogens is 440 g/mol. The molecule has 0 spiro atoms. The Kier molecular flexibility index (Phi) is 7.55. The quantitative estimate of drug-likeness (QED) is 0.482. The second-order valence-electron chi connectivity index (χ2n) is 8.56. The summed E-state index contributed by atoms with van der Waals surface area (Å²) in [4.78, 5) is 48.2. The smallest absolute Gasteiger partial charge is 0.407 e. The first kappa shape index (κ1) is 24.8. The number of esters is 1. The molecule has 0 saturated heterocycles. The molecule has 0 saturated carbocycles. The summed E-state index contributed by atoms with van der Waals surface area (Å²) in [6.45, 7) is 2.93. The standard InChI is InChI=1S/C25H28N2O7/c1-25(2,23(31)33-3)27-22(30)20(12-13-21(28)29)26-24(32)34-14-19-17-10-6-4-8-15(17)16-9-5-7-11-18(16)19/h4-11,19-20H,12-14H2,1-3H3,(H,26,32)(H,27,30)(H,28,29). The van der Waals surface area contributed by atoms with E-state index in [0.29, 0.717) is 0 Å². The minimum absolute atomic E-state index is 0.0424. The van der Waals surface area contributed by atoms with Crippen LogP contribution in [0.25, 0.3) is 11.1 Å². The number of carboxylic acid groups (broad SMARTS) is 1. The van der Waals surface area contributed by atoms with Gasteiger partial charge >= 0.3 is 18.0 Å². The fourth-order valence-corrected chi connectivity index (χ4v) is 4.02. The Hall–Kier alpha value is -3.88. The van der Waals surface area contributed by atoms with Crippen LogP contribution in [0, 0.1) is 0 Å². The highest BCUT2D eigenvalue weighted by molar-refractivity contribution is 5.91. The molecule has 9 nitrogen and oxygen atoms in total. The van der Waals surface area contributed by atoms with Crippen LogP contribution < -0.4 is 10.6 Å². The van der Waals surface area contributed by atoms with Gasteiger partial charge in [-0.3, -0.25) is 9.59 Å². The number of aliphatic carboxylic acids is 1. The van der Waals surface area contributed by atoms with Crippen LogP contribution in [0.15, 0.2) is 48.5 Å². The lowest BCUT2D eigenvalue weighted by Gasteiger charge is -2.26. The Morgan fingerprint density at radius 3 is 2.09 bits per heavy atom. The maximum absolute atomic E-state index is 12.7. The highest BCUT2D eigenvalue weighted by atomic mass is 16.5. The van der Waals surface area contributed by atoms with Crippen LogP contribution in [0.4, 0.5) is 4.79 Å². The Bertz CT molecular complexity index is 1050. The monoisotopic (exact) mass is 468 g/mol. The van der Waals surface area contributed by atoms with Gasteiger partial charge in [-0.15, -0.1) is 0 Å². The number of alkyl carbamates (subject to hydrolysis) is 1. The second-order valence-corrected chi connectivity index (χ2v) is 8.56. The van der Waals surface area contributed by atoms with E-state index in [1.807, 2.05) is 48.5 Å². The average Bonchev–Trinajstić information content (AvgIpc) is 3.13. The molecule has 0 bridgehead atoms. The average molecular weight is 469 g/mol. The van der Waals surface area contributed by atoms with Gasteiger partial charge in [0.2, 0.25) is 5.91 Å². The van der Waals surface area contributed by atoms with Crippen LogP contribution in [0.3, 0.4) is 0 Å². The fraction of sp³-hybridized carbons (Fsp3) is 0.360. The molecule has 34 heavy (non-hydrogen) atoms. The number of hydrogen-bond acceptors (Lipinski definition) is 6. The van der Waals surface area contributed by atoms with Crippen molar-refractivity contribution in [2.45, 2.75) is 44.2 Å². The van der Waals surface area contributed by atoms with E-state index < -0.39 is 35.5 Å². The van der Waals surface area contributed by atoms with E-state index in [2.05, 4.69) is 15.4 Å². The number of amides is 2. The normalized spacial score (nSPS) is 13.3. The number of rotatable bonds is 9. The summed E-state index contributed by atoms with van der Waals surface area (Å²) in [5, 5.41) is 13.9. The maximum Gasteiger partial charge on any atom is 0.407 e. The molecule has 0 fully saturated rings. The first-order chi connectivity index (χ1) is 16.1. The van der Waals surface area contributed by atoms with Crippen LogP contribution in [0.1, 0.15) is 43.7 Å². The van der Waals surface area contributed by atoms with E-state index >= 15 is 0 Å². The zero-order valence-electron chi connectivity index (χ0n) is 19.3. The summed E-state index contributed by atoms with van der Waals surface area (Å²) in [7, 11) is 1.19. The van der Waals surface area contributed by atoms with Crippen molar-refractivity contribution in [3.63, 3.8) is 0 Å². The molecule has 2 amide bonds. The van der Waals surface area contributed by atoms with Crippen LogP contribution in [0.2, 0.25) is 0 Å².